The maximum atomic E-state index is 6.54. The second-order valence-corrected chi connectivity index (χ2v) is 9.11. The van der Waals surface area contributed by atoms with Crippen LogP contribution in [0, 0.1) is 0 Å². The van der Waals surface area contributed by atoms with Crippen LogP contribution >= 0.6 is 34.8 Å². The van der Waals surface area contributed by atoms with Gasteiger partial charge in [-0.1, -0.05) is 40.9 Å². The largest absolute Gasteiger partial charge is 0.490 e. The van der Waals surface area contributed by atoms with E-state index in [2.05, 4.69) is 20.5 Å². The number of nitrogens with one attached hydrogen (secondary N) is 1. The van der Waals surface area contributed by atoms with Gasteiger partial charge < -0.3 is 19.3 Å². The number of hydrazone groups is 1. The summed E-state index contributed by atoms with van der Waals surface area (Å²) >= 11 is 18.8. The third-order valence-electron chi connectivity index (χ3n) is 4.67. The molecular weight excluding hydrogens is 511 g/mol. The van der Waals surface area contributed by atoms with E-state index in [1.54, 1.807) is 30.5 Å². The van der Waals surface area contributed by atoms with Gasteiger partial charge in [0.1, 0.15) is 12.4 Å². The molecule has 0 bridgehead atoms. The van der Waals surface area contributed by atoms with Gasteiger partial charge in [0.15, 0.2) is 17.3 Å². The molecule has 2 aromatic carbocycles. The van der Waals surface area contributed by atoms with Crippen molar-refractivity contribution in [3.05, 3.63) is 62.6 Å². The van der Waals surface area contributed by atoms with E-state index in [-0.39, 0.29) is 6.61 Å². The van der Waals surface area contributed by atoms with Gasteiger partial charge in [0, 0.05) is 49.9 Å². The minimum absolute atomic E-state index is 0.209. The van der Waals surface area contributed by atoms with Gasteiger partial charge in [-0.3, -0.25) is 5.43 Å². The molecule has 8 nitrogen and oxygen atoms in total. The number of halogens is 3. The summed E-state index contributed by atoms with van der Waals surface area (Å²) in [7, 11) is 7.58. The number of anilines is 3. The monoisotopic (exact) mass is 536 g/mol. The summed E-state index contributed by atoms with van der Waals surface area (Å²) in [6, 6.07) is 10.6. The first-order valence-corrected chi connectivity index (χ1v) is 11.9. The van der Waals surface area contributed by atoms with Crippen LogP contribution in [0.25, 0.3) is 0 Å². The van der Waals surface area contributed by atoms with Gasteiger partial charge in [-0.25, -0.2) is 0 Å². The molecule has 0 spiro atoms. The molecule has 35 heavy (non-hydrogen) atoms. The van der Waals surface area contributed by atoms with Crippen molar-refractivity contribution in [3.8, 4) is 11.5 Å². The smallest absolute Gasteiger partial charge is 0.228 e. The fourth-order valence-corrected chi connectivity index (χ4v) is 3.67. The van der Waals surface area contributed by atoms with Crippen LogP contribution in [0.2, 0.25) is 15.1 Å². The fourth-order valence-electron chi connectivity index (χ4n) is 2.94. The lowest BCUT2D eigenvalue weighted by Crippen LogP contribution is -2.17. The molecule has 1 aromatic heterocycles. The van der Waals surface area contributed by atoms with Crippen molar-refractivity contribution in [2.75, 3.05) is 50.0 Å². The van der Waals surface area contributed by atoms with Crippen molar-refractivity contribution in [1.29, 1.82) is 0 Å². The van der Waals surface area contributed by atoms with Crippen molar-refractivity contribution in [3.63, 3.8) is 0 Å². The first-order chi connectivity index (χ1) is 16.7. The highest BCUT2D eigenvalue weighted by molar-refractivity contribution is 6.35. The van der Waals surface area contributed by atoms with Crippen LogP contribution in [-0.4, -0.2) is 51.0 Å². The minimum atomic E-state index is 0.209. The maximum absolute atomic E-state index is 6.54. The van der Waals surface area contributed by atoms with Gasteiger partial charge in [-0.15, -0.1) is 0 Å². The van der Waals surface area contributed by atoms with Crippen LogP contribution in [-0.2, 0) is 6.61 Å². The average Bonchev–Trinajstić information content (AvgIpc) is 2.79. The Labute approximate surface area is 220 Å². The molecule has 0 saturated carbocycles. The molecule has 11 heteroatoms. The van der Waals surface area contributed by atoms with Gasteiger partial charge in [0.05, 0.1) is 17.8 Å². The minimum Gasteiger partial charge on any atom is -0.490 e. The maximum Gasteiger partial charge on any atom is 0.228 e. The van der Waals surface area contributed by atoms with Gasteiger partial charge in [0.25, 0.3) is 0 Å². The first kappa shape index (κ1) is 26.7. The molecule has 0 aliphatic rings. The van der Waals surface area contributed by atoms with Gasteiger partial charge in [-0.2, -0.15) is 15.1 Å². The molecule has 1 heterocycles. The predicted octanol–water partition coefficient (Wildman–Crippen LogP) is 5.99. The van der Waals surface area contributed by atoms with Crippen LogP contribution in [0.5, 0.6) is 11.5 Å². The molecule has 0 saturated heterocycles. The van der Waals surface area contributed by atoms with Crippen molar-refractivity contribution in [2.45, 2.75) is 13.5 Å². The number of nitrogens with zero attached hydrogens (tertiary/aromatic N) is 5. The van der Waals surface area contributed by atoms with E-state index in [0.717, 1.165) is 16.9 Å². The van der Waals surface area contributed by atoms with Gasteiger partial charge in [-0.05, 0) is 36.8 Å². The van der Waals surface area contributed by atoms with E-state index in [1.165, 1.54) is 0 Å². The predicted molar refractivity (Wildman–Crippen MR) is 145 cm³/mol. The Kier molecular flexibility index (Phi) is 9.26. The second kappa shape index (κ2) is 12.2. The highest BCUT2D eigenvalue weighted by Crippen LogP contribution is 2.37. The Hall–Kier alpha value is -2.94. The molecule has 1 N–H and O–H groups in total. The van der Waals surface area contributed by atoms with Crippen molar-refractivity contribution < 1.29 is 9.47 Å². The molecule has 0 fully saturated rings. The molecule has 3 rings (SSSR count). The normalized spacial score (nSPS) is 11.0. The fraction of sp³-hybridized carbons (Fsp3) is 0.292. The van der Waals surface area contributed by atoms with Crippen molar-refractivity contribution >= 4 is 58.6 Å². The number of ether oxygens (including phenoxy) is 2. The van der Waals surface area contributed by atoms with E-state index in [4.69, 9.17) is 44.3 Å². The summed E-state index contributed by atoms with van der Waals surface area (Å²) in [4.78, 5) is 12.7. The van der Waals surface area contributed by atoms with E-state index < -0.39 is 0 Å². The molecule has 0 aliphatic carbocycles. The van der Waals surface area contributed by atoms with E-state index in [0.29, 0.717) is 44.9 Å². The molecule has 0 radical (unpaired) electrons. The van der Waals surface area contributed by atoms with Crippen LogP contribution in [0.1, 0.15) is 18.1 Å². The second-order valence-electron chi connectivity index (χ2n) is 7.86. The zero-order valence-electron chi connectivity index (χ0n) is 20.1. The summed E-state index contributed by atoms with van der Waals surface area (Å²) in [5.74, 6) is 2.80. The molecule has 0 unspecified atom stereocenters. The zero-order chi connectivity index (χ0) is 25.5. The highest BCUT2D eigenvalue weighted by Gasteiger charge is 2.14. The molecule has 0 atom stereocenters. The van der Waals surface area contributed by atoms with Crippen LogP contribution < -0.4 is 24.7 Å². The van der Waals surface area contributed by atoms with E-state index in [1.807, 2.05) is 57.0 Å². The third-order valence-corrected chi connectivity index (χ3v) is 5.54. The van der Waals surface area contributed by atoms with Crippen LogP contribution in [0.15, 0.2) is 41.5 Å². The van der Waals surface area contributed by atoms with Crippen LogP contribution in [0.4, 0.5) is 17.6 Å². The lowest BCUT2D eigenvalue weighted by Gasteiger charge is -2.17. The van der Waals surface area contributed by atoms with Gasteiger partial charge >= 0.3 is 0 Å². The molecule has 0 aliphatic heterocycles. The molecular formula is C24H27Cl3N6O2. The zero-order valence-corrected chi connectivity index (χ0v) is 22.4. The number of hydrogen-bond donors (Lipinski definition) is 1. The number of aromatic nitrogens is 2. The first-order valence-electron chi connectivity index (χ1n) is 10.7. The Morgan fingerprint density at radius 1 is 0.943 bits per heavy atom. The SMILES string of the molecule is CCOc1cc(/C=N\Nc2cc(N(C)C)nc(N(C)C)n2)cc(Cl)c1OCc1ccc(Cl)cc1Cl. The van der Waals surface area contributed by atoms with E-state index >= 15 is 0 Å². The Bertz CT molecular complexity index is 1180. The van der Waals surface area contributed by atoms with Gasteiger partial charge in [0.2, 0.25) is 5.95 Å². The average molecular weight is 538 g/mol. The van der Waals surface area contributed by atoms with E-state index in [9.17, 15) is 0 Å². The Morgan fingerprint density at radius 3 is 2.37 bits per heavy atom. The third kappa shape index (κ3) is 7.27. The van der Waals surface area contributed by atoms with Crippen molar-refractivity contribution in [1.82, 2.24) is 9.97 Å². The summed E-state index contributed by atoms with van der Waals surface area (Å²) in [5.41, 5.74) is 4.45. The Morgan fingerprint density at radius 2 is 1.71 bits per heavy atom. The molecule has 186 valence electrons. The molecule has 3 aromatic rings. The van der Waals surface area contributed by atoms with Crippen molar-refractivity contribution in [2.24, 2.45) is 5.10 Å². The summed E-state index contributed by atoms with van der Waals surface area (Å²) < 4.78 is 11.7. The summed E-state index contributed by atoms with van der Waals surface area (Å²) in [6.07, 6.45) is 1.63. The quantitative estimate of drug-likeness (QED) is 0.251. The number of hydrogen-bond acceptors (Lipinski definition) is 8. The lowest BCUT2D eigenvalue weighted by molar-refractivity contribution is 0.269. The van der Waals surface area contributed by atoms with Crippen LogP contribution in [0.3, 0.4) is 0 Å². The summed E-state index contributed by atoms with van der Waals surface area (Å²) in [5, 5.41) is 5.77. The topological polar surface area (TPSA) is 75.1 Å². The summed E-state index contributed by atoms with van der Waals surface area (Å²) in [6.45, 7) is 2.53. The molecule has 0 amide bonds. The highest BCUT2D eigenvalue weighted by atomic mass is 35.5. The Balaban J connectivity index is 1.79. The number of benzene rings is 2. The standard InChI is InChI=1S/C24H27Cl3N6O2/c1-6-34-20-10-15(9-19(27)23(20)35-14-16-7-8-17(25)11-18(16)26)13-28-31-21-12-22(32(2)3)30-24(29-21)33(4)5/h7-13H,6,14H2,1-5H3,(H,29,30,31)/b28-13-. The lowest BCUT2D eigenvalue weighted by atomic mass is 10.2. The number of rotatable bonds is 10.